The monoisotopic (exact) mass is 365 g/mol. The van der Waals surface area contributed by atoms with Crippen molar-refractivity contribution in [3.63, 3.8) is 0 Å². The zero-order chi connectivity index (χ0) is 19.2. The number of aromatic amines is 1. The van der Waals surface area contributed by atoms with Crippen LogP contribution in [0.3, 0.4) is 0 Å². The Balaban J connectivity index is 1.64. The number of carbonyl (C=O) groups excluding carboxylic acids is 1. The number of H-pyrrole nitrogens is 1. The lowest BCUT2D eigenvalue weighted by molar-refractivity contribution is -0.120. The molecule has 3 aromatic rings. The van der Waals surface area contributed by atoms with Gasteiger partial charge in [-0.1, -0.05) is 35.9 Å². The van der Waals surface area contributed by atoms with E-state index in [9.17, 15) is 4.79 Å². The van der Waals surface area contributed by atoms with E-state index in [1.54, 1.807) is 0 Å². The Morgan fingerprint density at radius 3 is 2.67 bits per heavy atom. The van der Waals surface area contributed by atoms with Crippen LogP contribution in [0.1, 0.15) is 24.2 Å². The summed E-state index contributed by atoms with van der Waals surface area (Å²) < 4.78 is 0. The normalized spacial score (nSPS) is 12.3. The quantitative estimate of drug-likeness (QED) is 0.491. The largest absolute Gasteiger partial charge is 0.354 e. The molecular formula is C21H27N5O. The summed E-state index contributed by atoms with van der Waals surface area (Å²) in [6.07, 6.45) is 1.88. The van der Waals surface area contributed by atoms with E-state index in [2.05, 4.69) is 52.5 Å². The number of nitrogens with zero attached hydrogens (tertiary/aromatic N) is 1. The Labute approximate surface area is 159 Å². The van der Waals surface area contributed by atoms with Crippen molar-refractivity contribution in [2.24, 2.45) is 11.5 Å². The average molecular weight is 365 g/mol. The molecule has 6 heteroatoms. The molecule has 3 rings (SSSR count). The van der Waals surface area contributed by atoms with Crippen LogP contribution in [-0.2, 0) is 11.2 Å². The molecule has 1 amide bonds. The molecule has 0 radical (unpaired) electrons. The molecule has 27 heavy (non-hydrogen) atoms. The molecule has 0 unspecified atom stereocenters. The number of hydrogen-bond acceptors (Lipinski definition) is 4. The first kappa shape index (κ1) is 19.1. The molecule has 0 saturated heterocycles. The molecule has 6 nitrogen and oxygen atoms in total. The number of amides is 1. The smallest absolute Gasteiger partial charge is 0.227 e. The molecule has 0 saturated carbocycles. The molecule has 1 atom stereocenters. The van der Waals surface area contributed by atoms with E-state index in [1.807, 2.05) is 12.1 Å². The van der Waals surface area contributed by atoms with Crippen LogP contribution < -0.4 is 16.8 Å². The molecule has 6 N–H and O–H groups in total. The maximum absolute atomic E-state index is 12.1. The molecule has 0 aliphatic rings. The minimum absolute atomic E-state index is 0.0646. The Morgan fingerprint density at radius 1 is 1.19 bits per heavy atom. The Morgan fingerprint density at radius 2 is 1.93 bits per heavy atom. The van der Waals surface area contributed by atoms with Crippen molar-refractivity contribution in [3.8, 4) is 11.1 Å². The van der Waals surface area contributed by atoms with Crippen LogP contribution in [0.25, 0.3) is 22.2 Å². The fourth-order valence-electron chi connectivity index (χ4n) is 3.01. The van der Waals surface area contributed by atoms with Crippen molar-refractivity contribution in [1.82, 2.24) is 15.3 Å². The first-order valence-electron chi connectivity index (χ1n) is 9.33. The topological polar surface area (TPSA) is 110 Å². The van der Waals surface area contributed by atoms with Crippen LogP contribution in [-0.4, -0.2) is 35.0 Å². The number of hydrogen-bond donors (Lipinski definition) is 4. The van der Waals surface area contributed by atoms with Crippen molar-refractivity contribution in [1.29, 1.82) is 0 Å². The molecule has 0 aliphatic carbocycles. The molecule has 2 aromatic carbocycles. The average Bonchev–Trinajstić information content (AvgIpc) is 3.06. The van der Waals surface area contributed by atoms with E-state index < -0.39 is 0 Å². The third-order valence-electron chi connectivity index (χ3n) is 4.58. The molecule has 0 spiro atoms. The summed E-state index contributed by atoms with van der Waals surface area (Å²) in [5.74, 6) is 0.565. The lowest BCUT2D eigenvalue weighted by atomic mass is 10.0. The Bertz CT molecular complexity index is 901. The second kappa shape index (κ2) is 8.79. The Hall–Kier alpha value is -2.70. The van der Waals surface area contributed by atoms with Gasteiger partial charge in [0.1, 0.15) is 5.82 Å². The molecule has 0 fully saturated rings. The molecule has 0 bridgehead atoms. The fraction of sp³-hybridized carbons (Fsp3) is 0.333. The van der Waals surface area contributed by atoms with Gasteiger partial charge in [0.2, 0.25) is 5.91 Å². The summed E-state index contributed by atoms with van der Waals surface area (Å²) in [6.45, 7) is 3.14. The third kappa shape index (κ3) is 5.15. The van der Waals surface area contributed by atoms with Crippen LogP contribution in [0, 0.1) is 6.92 Å². The number of nitrogens with two attached hydrogens (primary N) is 2. The molecule has 142 valence electrons. The van der Waals surface area contributed by atoms with E-state index in [1.165, 1.54) is 5.56 Å². The zero-order valence-corrected chi connectivity index (χ0v) is 15.7. The zero-order valence-electron chi connectivity index (χ0n) is 15.7. The van der Waals surface area contributed by atoms with E-state index in [4.69, 9.17) is 11.5 Å². The fourth-order valence-corrected chi connectivity index (χ4v) is 3.01. The van der Waals surface area contributed by atoms with Crippen LogP contribution in [0.4, 0.5) is 0 Å². The standard InChI is InChI=1S/C21H27N5O/c1-14-4-6-15(7-5-14)16-8-9-18-19(11-16)26-20(25-18)12-21(27)24-13-17(23)3-2-10-22/h4-9,11,17H,2-3,10,12-13,22-23H2,1H3,(H,24,27)(H,25,26)/t17-/m0/s1. The van der Waals surface area contributed by atoms with Crippen LogP contribution in [0.5, 0.6) is 0 Å². The second-order valence-electron chi connectivity index (χ2n) is 6.95. The number of fused-ring (bicyclic) bond motifs is 1. The van der Waals surface area contributed by atoms with Gasteiger partial charge in [-0.15, -0.1) is 0 Å². The van der Waals surface area contributed by atoms with Gasteiger partial charge in [0.25, 0.3) is 0 Å². The highest BCUT2D eigenvalue weighted by Gasteiger charge is 2.10. The van der Waals surface area contributed by atoms with Gasteiger partial charge in [-0.3, -0.25) is 4.79 Å². The number of aryl methyl sites for hydroxylation is 1. The van der Waals surface area contributed by atoms with Crippen molar-refractivity contribution in [2.45, 2.75) is 32.2 Å². The van der Waals surface area contributed by atoms with Crippen LogP contribution in [0.2, 0.25) is 0 Å². The first-order valence-corrected chi connectivity index (χ1v) is 9.33. The van der Waals surface area contributed by atoms with Gasteiger partial charge < -0.3 is 21.8 Å². The summed E-state index contributed by atoms with van der Waals surface area (Å²) in [5.41, 5.74) is 16.7. The lowest BCUT2D eigenvalue weighted by Crippen LogP contribution is -2.38. The van der Waals surface area contributed by atoms with Gasteiger partial charge in [-0.25, -0.2) is 4.98 Å². The summed E-state index contributed by atoms with van der Waals surface area (Å²) in [7, 11) is 0. The summed E-state index contributed by atoms with van der Waals surface area (Å²) in [6, 6.07) is 14.4. The minimum atomic E-state index is -0.0870. The highest BCUT2D eigenvalue weighted by Crippen LogP contribution is 2.23. The van der Waals surface area contributed by atoms with Gasteiger partial charge in [0, 0.05) is 12.6 Å². The van der Waals surface area contributed by atoms with Gasteiger partial charge in [0.05, 0.1) is 17.5 Å². The van der Waals surface area contributed by atoms with Crippen LogP contribution >= 0.6 is 0 Å². The lowest BCUT2D eigenvalue weighted by Gasteiger charge is -2.11. The van der Waals surface area contributed by atoms with Crippen molar-refractivity contribution < 1.29 is 4.79 Å². The van der Waals surface area contributed by atoms with Crippen molar-refractivity contribution in [3.05, 3.63) is 53.9 Å². The number of rotatable bonds is 8. The van der Waals surface area contributed by atoms with Gasteiger partial charge in [-0.05, 0) is 49.6 Å². The number of benzene rings is 2. The highest BCUT2D eigenvalue weighted by atomic mass is 16.1. The van der Waals surface area contributed by atoms with Crippen molar-refractivity contribution in [2.75, 3.05) is 13.1 Å². The van der Waals surface area contributed by atoms with Gasteiger partial charge in [0.15, 0.2) is 0 Å². The predicted molar refractivity (Wildman–Crippen MR) is 109 cm³/mol. The SMILES string of the molecule is Cc1ccc(-c2ccc3nc(CC(=O)NC[C@@H](N)CCCN)[nH]c3c2)cc1. The van der Waals surface area contributed by atoms with Gasteiger partial charge >= 0.3 is 0 Å². The highest BCUT2D eigenvalue weighted by molar-refractivity contribution is 5.83. The van der Waals surface area contributed by atoms with E-state index in [0.717, 1.165) is 35.0 Å². The number of aromatic nitrogens is 2. The van der Waals surface area contributed by atoms with E-state index in [-0.39, 0.29) is 18.4 Å². The number of carbonyl (C=O) groups is 1. The molecule has 1 aromatic heterocycles. The van der Waals surface area contributed by atoms with Crippen LogP contribution in [0.15, 0.2) is 42.5 Å². The first-order chi connectivity index (χ1) is 13.0. The minimum Gasteiger partial charge on any atom is -0.354 e. The summed E-state index contributed by atoms with van der Waals surface area (Å²) >= 11 is 0. The molecule has 1 heterocycles. The number of imidazole rings is 1. The summed E-state index contributed by atoms with van der Waals surface area (Å²) in [4.78, 5) is 19.9. The predicted octanol–water partition coefficient (Wildman–Crippen LogP) is 2.26. The maximum atomic E-state index is 12.1. The molecular weight excluding hydrogens is 338 g/mol. The Kier molecular flexibility index (Phi) is 6.21. The summed E-state index contributed by atoms with van der Waals surface area (Å²) in [5, 5.41) is 2.86. The van der Waals surface area contributed by atoms with E-state index >= 15 is 0 Å². The number of nitrogens with one attached hydrogen (secondary N) is 2. The van der Waals surface area contributed by atoms with Crippen molar-refractivity contribution >= 4 is 16.9 Å². The second-order valence-corrected chi connectivity index (χ2v) is 6.95. The maximum Gasteiger partial charge on any atom is 0.227 e. The molecule has 0 aliphatic heterocycles. The van der Waals surface area contributed by atoms with Gasteiger partial charge in [-0.2, -0.15) is 0 Å². The van der Waals surface area contributed by atoms with E-state index in [0.29, 0.717) is 18.9 Å². The third-order valence-corrected chi connectivity index (χ3v) is 4.58.